The summed E-state index contributed by atoms with van der Waals surface area (Å²) in [5.41, 5.74) is 1.59. The van der Waals surface area contributed by atoms with Gasteiger partial charge in [0.1, 0.15) is 5.71 Å². The number of nitrogens with zero attached hydrogens (tertiary/aromatic N) is 4. The lowest BCUT2D eigenvalue weighted by Crippen LogP contribution is -2.58. The summed E-state index contributed by atoms with van der Waals surface area (Å²) < 4.78 is 6.98. The number of ether oxygens (including phenoxy) is 1. The number of hydrogen-bond acceptors (Lipinski definition) is 7. The average Bonchev–Trinajstić information content (AvgIpc) is 3.12. The fraction of sp³-hybridized carbons (Fsp3) is 0.688. The Morgan fingerprint density at radius 2 is 1.62 bits per heavy atom. The van der Waals surface area contributed by atoms with Gasteiger partial charge in [0.25, 0.3) is 5.56 Å². The van der Waals surface area contributed by atoms with Crippen LogP contribution in [-0.2, 0) is 9.53 Å². The molecule has 0 amide bonds. The zero-order valence-corrected chi connectivity index (χ0v) is 23.8. The van der Waals surface area contributed by atoms with Crippen molar-refractivity contribution < 1.29 is 14.7 Å². The van der Waals surface area contributed by atoms with Crippen LogP contribution in [0.1, 0.15) is 109 Å². The summed E-state index contributed by atoms with van der Waals surface area (Å²) in [6, 6.07) is 9.53. The van der Waals surface area contributed by atoms with Crippen molar-refractivity contribution in [1.82, 2.24) is 14.5 Å². The number of piperidine rings is 2. The highest BCUT2D eigenvalue weighted by Crippen LogP contribution is 2.47. The number of fused-ring (bicyclic) bond motifs is 5. The van der Waals surface area contributed by atoms with Crippen LogP contribution in [0, 0.1) is 11.8 Å². The van der Waals surface area contributed by atoms with Gasteiger partial charge in [0, 0.05) is 30.6 Å². The number of hydrogen-bond donors (Lipinski definition) is 1. The van der Waals surface area contributed by atoms with Crippen molar-refractivity contribution in [3.05, 3.63) is 40.3 Å². The Hall–Kier alpha value is -2.74. The molecular weight excluding hydrogens is 504 g/mol. The molecule has 1 aromatic carbocycles. The first-order valence-corrected chi connectivity index (χ1v) is 15.7. The largest absolute Gasteiger partial charge is 0.466 e. The van der Waals surface area contributed by atoms with E-state index in [1.54, 1.807) is 6.92 Å². The number of esters is 1. The van der Waals surface area contributed by atoms with E-state index >= 15 is 0 Å². The maximum Gasteiger partial charge on any atom is 0.306 e. The van der Waals surface area contributed by atoms with Gasteiger partial charge in [-0.3, -0.25) is 14.5 Å². The van der Waals surface area contributed by atoms with Crippen LogP contribution in [0.2, 0.25) is 0 Å². The lowest BCUT2D eigenvalue weighted by molar-refractivity contribution is -0.142. The molecule has 3 unspecified atom stereocenters. The summed E-state index contributed by atoms with van der Waals surface area (Å²) in [5.74, 6) is 1.40. The van der Waals surface area contributed by atoms with E-state index in [0.717, 1.165) is 30.2 Å². The third-order valence-corrected chi connectivity index (χ3v) is 10.2. The van der Waals surface area contributed by atoms with Gasteiger partial charge in [-0.25, -0.2) is 4.98 Å². The van der Waals surface area contributed by atoms with Crippen LogP contribution in [-0.4, -0.2) is 56.1 Å². The van der Waals surface area contributed by atoms with E-state index in [4.69, 9.17) is 4.74 Å². The molecular formula is C32H44N4O4. The molecule has 1 aromatic heterocycles. The lowest BCUT2D eigenvalue weighted by atomic mass is 9.73. The molecule has 4 aliphatic rings. The minimum absolute atomic E-state index is 0.0348. The van der Waals surface area contributed by atoms with E-state index < -0.39 is 0 Å². The summed E-state index contributed by atoms with van der Waals surface area (Å²) in [7, 11) is 0. The van der Waals surface area contributed by atoms with E-state index in [2.05, 4.69) is 15.0 Å². The highest BCUT2D eigenvalue weighted by atomic mass is 16.5. The second-order valence-electron chi connectivity index (χ2n) is 12.7. The van der Waals surface area contributed by atoms with Gasteiger partial charge in [-0.05, 0) is 75.8 Å². The standard InChI is InChI=1S/C32H44N4O4/c1-2-40-30(37)15-14-28(34-39)31-32(38)36(29-13-6-5-12-27(29)33-31)26-19-23-10-7-11-24(20-26)35(23)25-17-21-8-3-4-9-22(16-21)18-25/h5-6,12-13,21-26,39H,2-4,7-11,14-20H2,1H3/b34-28+/t21?,22?,23-,24?,25?,26+/m1/s1. The third kappa shape index (κ3) is 5.44. The summed E-state index contributed by atoms with van der Waals surface area (Å²) in [6.45, 7) is 2.04. The summed E-state index contributed by atoms with van der Waals surface area (Å²) >= 11 is 0. The Balaban J connectivity index is 1.30. The van der Waals surface area contributed by atoms with Gasteiger partial charge in [0.05, 0.1) is 24.1 Å². The average molecular weight is 549 g/mol. The predicted octanol–water partition coefficient (Wildman–Crippen LogP) is 5.84. The Morgan fingerprint density at radius 3 is 2.30 bits per heavy atom. The molecule has 4 fully saturated rings. The molecule has 2 aromatic rings. The van der Waals surface area contributed by atoms with Gasteiger partial charge >= 0.3 is 5.97 Å². The molecule has 0 radical (unpaired) electrons. The number of para-hydroxylation sites is 2. The van der Waals surface area contributed by atoms with Crippen molar-refractivity contribution in [2.24, 2.45) is 17.0 Å². The number of carbonyl (C=O) groups excluding carboxylic acids is 1. The van der Waals surface area contributed by atoms with Crippen molar-refractivity contribution in [1.29, 1.82) is 0 Å². The molecule has 2 saturated carbocycles. The molecule has 8 nitrogen and oxygen atoms in total. The van der Waals surface area contributed by atoms with Crippen LogP contribution >= 0.6 is 0 Å². The molecule has 40 heavy (non-hydrogen) atoms. The number of oxime groups is 1. The number of benzene rings is 1. The van der Waals surface area contributed by atoms with Crippen LogP contribution in [0.15, 0.2) is 34.2 Å². The normalized spacial score (nSPS) is 31.1. The first-order chi connectivity index (χ1) is 19.6. The summed E-state index contributed by atoms with van der Waals surface area (Å²) in [5, 5.41) is 13.3. The third-order valence-electron chi connectivity index (χ3n) is 10.2. The monoisotopic (exact) mass is 548 g/mol. The highest BCUT2D eigenvalue weighted by molar-refractivity contribution is 6.00. The zero-order chi connectivity index (χ0) is 27.6. The maximum atomic E-state index is 14.1. The van der Waals surface area contributed by atoms with E-state index in [9.17, 15) is 14.8 Å². The summed E-state index contributed by atoms with van der Waals surface area (Å²) in [6.07, 6.45) is 15.5. The van der Waals surface area contributed by atoms with E-state index in [1.165, 1.54) is 64.2 Å². The molecule has 6 rings (SSSR count). The second-order valence-corrected chi connectivity index (χ2v) is 12.7. The Bertz CT molecular complexity index is 1280. The first kappa shape index (κ1) is 27.4. The molecule has 1 N–H and O–H groups in total. The van der Waals surface area contributed by atoms with Gasteiger partial charge < -0.3 is 14.5 Å². The molecule has 8 heteroatoms. The van der Waals surface area contributed by atoms with Crippen molar-refractivity contribution in [2.45, 2.75) is 121 Å². The topological polar surface area (TPSA) is 97.0 Å². The minimum Gasteiger partial charge on any atom is -0.466 e. The van der Waals surface area contributed by atoms with Crippen molar-refractivity contribution >= 4 is 22.7 Å². The molecule has 216 valence electrons. The van der Waals surface area contributed by atoms with E-state index in [1.807, 2.05) is 28.8 Å². The van der Waals surface area contributed by atoms with Gasteiger partial charge in [0.15, 0.2) is 5.69 Å². The van der Waals surface area contributed by atoms with Crippen LogP contribution in [0.25, 0.3) is 11.0 Å². The molecule has 0 spiro atoms. The molecule has 4 bridgehead atoms. The first-order valence-electron chi connectivity index (χ1n) is 15.7. The Kier molecular flexibility index (Phi) is 8.24. The fourth-order valence-electron chi connectivity index (χ4n) is 8.68. The number of rotatable bonds is 7. The highest BCUT2D eigenvalue weighted by Gasteiger charge is 2.45. The van der Waals surface area contributed by atoms with Gasteiger partial charge in [-0.15, -0.1) is 0 Å². The second kappa shape index (κ2) is 12.0. The van der Waals surface area contributed by atoms with Gasteiger partial charge in [0.2, 0.25) is 0 Å². The van der Waals surface area contributed by atoms with Crippen molar-refractivity contribution in [2.75, 3.05) is 6.61 Å². The predicted molar refractivity (Wildman–Crippen MR) is 155 cm³/mol. The Labute approximate surface area is 236 Å². The molecule has 3 heterocycles. The molecule has 2 aliphatic heterocycles. The van der Waals surface area contributed by atoms with Crippen LogP contribution < -0.4 is 5.56 Å². The van der Waals surface area contributed by atoms with Gasteiger partial charge in [-0.2, -0.15) is 0 Å². The van der Waals surface area contributed by atoms with Crippen LogP contribution in [0.5, 0.6) is 0 Å². The SMILES string of the molecule is CCOC(=O)CC/C(=N\O)c1nc2ccccc2n([C@@H]2CC3CCC[C@H](C2)N3C2CC3CCCCC(C3)C2)c1=O. The Morgan fingerprint density at radius 1 is 0.925 bits per heavy atom. The van der Waals surface area contributed by atoms with E-state index in [-0.39, 0.29) is 48.4 Å². The molecule has 2 saturated heterocycles. The number of aromatic nitrogens is 2. The van der Waals surface area contributed by atoms with E-state index in [0.29, 0.717) is 23.6 Å². The van der Waals surface area contributed by atoms with Crippen molar-refractivity contribution in [3.8, 4) is 0 Å². The van der Waals surface area contributed by atoms with Gasteiger partial charge in [-0.1, -0.05) is 49.4 Å². The molecule has 5 atom stereocenters. The smallest absolute Gasteiger partial charge is 0.306 e. The van der Waals surface area contributed by atoms with Crippen molar-refractivity contribution in [3.63, 3.8) is 0 Å². The lowest BCUT2D eigenvalue weighted by Gasteiger charge is -2.54. The fourth-order valence-corrected chi connectivity index (χ4v) is 8.68. The van der Waals surface area contributed by atoms with Crippen LogP contribution in [0.4, 0.5) is 0 Å². The maximum absolute atomic E-state index is 14.1. The summed E-state index contributed by atoms with van der Waals surface area (Å²) in [4.78, 5) is 33.7. The number of carbonyl (C=O) groups is 1. The minimum atomic E-state index is -0.382. The molecule has 2 aliphatic carbocycles. The van der Waals surface area contributed by atoms with Crippen LogP contribution in [0.3, 0.4) is 0 Å². The zero-order valence-electron chi connectivity index (χ0n) is 23.8. The quantitative estimate of drug-likeness (QED) is 0.202.